The van der Waals surface area contributed by atoms with E-state index in [1.54, 1.807) is 6.07 Å². The average molecular weight is 298 g/mol. The lowest BCUT2D eigenvalue weighted by molar-refractivity contribution is -0.384. The van der Waals surface area contributed by atoms with Crippen molar-refractivity contribution >= 4 is 22.5 Å². The van der Waals surface area contributed by atoms with Gasteiger partial charge < -0.3 is 9.73 Å². The van der Waals surface area contributed by atoms with Crippen LogP contribution in [0.3, 0.4) is 0 Å². The second-order valence-electron chi connectivity index (χ2n) is 4.95. The van der Waals surface area contributed by atoms with E-state index in [0.29, 0.717) is 18.1 Å². The molecule has 0 radical (unpaired) electrons. The van der Waals surface area contributed by atoms with E-state index in [1.165, 1.54) is 12.4 Å². The van der Waals surface area contributed by atoms with E-state index in [-0.39, 0.29) is 11.6 Å². The monoisotopic (exact) mass is 298 g/mol. The third-order valence-electron chi connectivity index (χ3n) is 3.33. The SMILES string of the molecule is C[C@H](CNc1ccncc1[N+](=O)[O-])c1nc2ccccc2o1. The number of nitrogens with zero attached hydrogens (tertiary/aromatic N) is 3. The van der Waals surface area contributed by atoms with E-state index in [4.69, 9.17) is 4.42 Å². The largest absolute Gasteiger partial charge is 0.440 e. The van der Waals surface area contributed by atoms with Gasteiger partial charge >= 0.3 is 5.69 Å². The number of anilines is 1. The van der Waals surface area contributed by atoms with Crippen molar-refractivity contribution in [2.75, 3.05) is 11.9 Å². The summed E-state index contributed by atoms with van der Waals surface area (Å²) in [6.07, 6.45) is 2.74. The number of hydrogen-bond acceptors (Lipinski definition) is 6. The minimum Gasteiger partial charge on any atom is -0.440 e. The Morgan fingerprint density at radius 3 is 2.95 bits per heavy atom. The van der Waals surface area contributed by atoms with Crippen LogP contribution in [0, 0.1) is 10.1 Å². The number of para-hydroxylation sites is 2. The van der Waals surface area contributed by atoms with Crippen molar-refractivity contribution in [3.05, 3.63) is 58.7 Å². The van der Waals surface area contributed by atoms with Crippen LogP contribution in [-0.2, 0) is 0 Å². The summed E-state index contributed by atoms with van der Waals surface area (Å²) in [7, 11) is 0. The van der Waals surface area contributed by atoms with E-state index in [1.807, 2.05) is 31.2 Å². The zero-order chi connectivity index (χ0) is 15.5. The molecule has 1 aromatic carbocycles. The molecule has 0 unspecified atom stereocenters. The molecule has 0 bridgehead atoms. The summed E-state index contributed by atoms with van der Waals surface area (Å²) in [5.41, 5.74) is 1.92. The standard InChI is InChI=1S/C15H14N4O3/c1-10(15-18-12-4-2-3-5-14(12)22-15)8-17-11-6-7-16-9-13(11)19(20)21/h2-7,9-10H,8H2,1H3,(H,16,17)/t10-/m1/s1. The highest BCUT2D eigenvalue weighted by Crippen LogP contribution is 2.25. The maximum absolute atomic E-state index is 10.9. The van der Waals surface area contributed by atoms with E-state index >= 15 is 0 Å². The lowest BCUT2D eigenvalue weighted by atomic mass is 10.2. The van der Waals surface area contributed by atoms with E-state index in [2.05, 4.69) is 15.3 Å². The van der Waals surface area contributed by atoms with Gasteiger partial charge in [0, 0.05) is 12.7 Å². The van der Waals surface area contributed by atoms with Crippen LogP contribution in [0.5, 0.6) is 0 Å². The van der Waals surface area contributed by atoms with Gasteiger partial charge in [0.25, 0.3) is 0 Å². The van der Waals surface area contributed by atoms with Gasteiger partial charge in [-0.3, -0.25) is 15.1 Å². The van der Waals surface area contributed by atoms with E-state index in [9.17, 15) is 10.1 Å². The zero-order valence-electron chi connectivity index (χ0n) is 11.9. The smallest absolute Gasteiger partial charge is 0.310 e. The van der Waals surface area contributed by atoms with Crippen molar-refractivity contribution in [2.24, 2.45) is 0 Å². The molecular formula is C15H14N4O3. The first kappa shape index (κ1) is 14.0. The predicted octanol–water partition coefficient (Wildman–Crippen LogP) is 3.35. The third-order valence-corrected chi connectivity index (χ3v) is 3.33. The maximum atomic E-state index is 10.9. The molecule has 0 fully saturated rings. The normalized spacial score (nSPS) is 12.2. The van der Waals surface area contributed by atoms with E-state index < -0.39 is 4.92 Å². The summed E-state index contributed by atoms with van der Waals surface area (Å²) in [6, 6.07) is 9.12. The number of nitro groups is 1. The van der Waals surface area contributed by atoms with Gasteiger partial charge in [-0.2, -0.15) is 0 Å². The molecule has 2 heterocycles. The Kier molecular flexibility index (Phi) is 3.69. The molecule has 0 aliphatic carbocycles. The van der Waals surface area contributed by atoms with Crippen molar-refractivity contribution in [3.8, 4) is 0 Å². The van der Waals surface area contributed by atoms with Gasteiger partial charge in [-0.15, -0.1) is 0 Å². The first-order chi connectivity index (χ1) is 10.6. The Morgan fingerprint density at radius 2 is 2.18 bits per heavy atom. The van der Waals surface area contributed by atoms with Crippen LogP contribution < -0.4 is 5.32 Å². The number of oxazole rings is 1. The Morgan fingerprint density at radius 1 is 1.36 bits per heavy atom. The van der Waals surface area contributed by atoms with Crippen molar-refractivity contribution in [3.63, 3.8) is 0 Å². The molecular weight excluding hydrogens is 284 g/mol. The molecule has 0 aliphatic heterocycles. The number of rotatable bonds is 5. The number of nitrogens with one attached hydrogen (secondary N) is 1. The van der Waals surface area contributed by atoms with Crippen molar-refractivity contribution in [1.82, 2.24) is 9.97 Å². The molecule has 1 atom stereocenters. The first-order valence-corrected chi connectivity index (χ1v) is 6.83. The molecule has 22 heavy (non-hydrogen) atoms. The Hall–Kier alpha value is -2.96. The highest BCUT2D eigenvalue weighted by atomic mass is 16.6. The Labute approximate surface area is 126 Å². The highest BCUT2D eigenvalue weighted by molar-refractivity contribution is 5.72. The minimum atomic E-state index is -0.459. The molecule has 7 nitrogen and oxygen atoms in total. The molecule has 3 aromatic rings. The molecule has 112 valence electrons. The van der Waals surface area contributed by atoms with Crippen LogP contribution >= 0.6 is 0 Å². The summed E-state index contributed by atoms with van der Waals surface area (Å²) in [5.74, 6) is 0.575. The van der Waals surface area contributed by atoms with Crippen molar-refractivity contribution in [1.29, 1.82) is 0 Å². The molecule has 1 N–H and O–H groups in total. The molecule has 0 spiro atoms. The van der Waals surface area contributed by atoms with Crippen LogP contribution in [-0.4, -0.2) is 21.4 Å². The van der Waals surface area contributed by atoms with Gasteiger partial charge in [0.1, 0.15) is 17.4 Å². The van der Waals surface area contributed by atoms with Crippen LogP contribution in [0.15, 0.2) is 47.1 Å². The number of aromatic nitrogens is 2. The van der Waals surface area contributed by atoms with Gasteiger partial charge in [0.15, 0.2) is 11.5 Å². The topological polar surface area (TPSA) is 94.1 Å². The molecule has 0 amide bonds. The minimum absolute atomic E-state index is 0.0276. The second-order valence-corrected chi connectivity index (χ2v) is 4.95. The summed E-state index contributed by atoms with van der Waals surface area (Å²) >= 11 is 0. The third kappa shape index (κ3) is 2.73. The quantitative estimate of drug-likeness (QED) is 0.573. The van der Waals surface area contributed by atoms with Gasteiger partial charge in [-0.25, -0.2) is 4.98 Å². The molecule has 0 saturated heterocycles. The van der Waals surface area contributed by atoms with Crippen LogP contribution in [0.2, 0.25) is 0 Å². The number of fused-ring (bicyclic) bond motifs is 1. The van der Waals surface area contributed by atoms with Crippen LogP contribution in [0.25, 0.3) is 11.1 Å². The fourth-order valence-corrected chi connectivity index (χ4v) is 2.13. The van der Waals surface area contributed by atoms with E-state index in [0.717, 1.165) is 11.1 Å². The van der Waals surface area contributed by atoms with Crippen LogP contribution in [0.4, 0.5) is 11.4 Å². The highest BCUT2D eigenvalue weighted by Gasteiger charge is 2.17. The predicted molar refractivity (Wildman–Crippen MR) is 81.8 cm³/mol. The molecule has 3 rings (SSSR count). The van der Waals surface area contributed by atoms with Crippen molar-refractivity contribution in [2.45, 2.75) is 12.8 Å². The van der Waals surface area contributed by atoms with Crippen LogP contribution in [0.1, 0.15) is 18.7 Å². The molecule has 0 aliphatic rings. The van der Waals surface area contributed by atoms with Gasteiger partial charge in [-0.05, 0) is 18.2 Å². The second kappa shape index (κ2) is 5.80. The molecule has 7 heteroatoms. The molecule has 2 aromatic heterocycles. The first-order valence-electron chi connectivity index (χ1n) is 6.83. The lowest BCUT2D eigenvalue weighted by Gasteiger charge is -2.10. The fraction of sp³-hybridized carbons (Fsp3) is 0.200. The molecule has 0 saturated carbocycles. The van der Waals surface area contributed by atoms with Crippen molar-refractivity contribution < 1.29 is 9.34 Å². The number of pyridine rings is 1. The summed E-state index contributed by atoms with van der Waals surface area (Å²) < 4.78 is 5.70. The lowest BCUT2D eigenvalue weighted by Crippen LogP contribution is -2.11. The fourth-order valence-electron chi connectivity index (χ4n) is 2.13. The van der Waals surface area contributed by atoms with Gasteiger partial charge in [-0.1, -0.05) is 19.1 Å². The zero-order valence-corrected chi connectivity index (χ0v) is 11.9. The number of hydrogen-bond donors (Lipinski definition) is 1. The Balaban J connectivity index is 1.75. The summed E-state index contributed by atoms with van der Waals surface area (Å²) in [5, 5.41) is 14.0. The number of benzene rings is 1. The van der Waals surface area contributed by atoms with Gasteiger partial charge in [0.05, 0.1) is 10.8 Å². The summed E-state index contributed by atoms with van der Waals surface area (Å²) in [6.45, 7) is 2.42. The summed E-state index contributed by atoms with van der Waals surface area (Å²) in [4.78, 5) is 18.7. The van der Waals surface area contributed by atoms with Gasteiger partial charge in [0.2, 0.25) is 0 Å². The Bertz CT molecular complexity index is 782. The average Bonchev–Trinajstić information content (AvgIpc) is 2.97. The maximum Gasteiger partial charge on any atom is 0.310 e.